The minimum absolute atomic E-state index is 0.172. The van der Waals surface area contributed by atoms with Crippen LogP contribution in [0.3, 0.4) is 0 Å². The second kappa shape index (κ2) is 10.4. The van der Waals surface area contributed by atoms with Crippen molar-refractivity contribution in [1.29, 1.82) is 5.26 Å². The first-order chi connectivity index (χ1) is 17.9. The molecule has 9 nitrogen and oxygen atoms in total. The minimum atomic E-state index is -1.16. The number of nitrogens with zero attached hydrogens (tertiary/aromatic N) is 6. The zero-order chi connectivity index (χ0) is 25.9. The topological polar surface area (TPSA) is 117 Å². The van der Waals surface area contributed by atoms with Crippen molar-refractivity contribution >= 4 is 16.6 Å². The lowest BCUT2D eigenvalue weighted by molar-refractivity contribution is 0.122. The number of fused-ring (bicyclic) bond motifs is 1. The number of nitriles is 1. The molecule has 37 heavy (non-hydrogen) atoms. The number of aromatic nitrogens is 4. The molecular formula is C27H25FN6O3. The second-order valence-electron chi connectivity index (χ2n) is 8.80. The van der Waals surface area contributed by atoms with E-state index < -0.39 is 18.0 Å². The fraction of sp³-hybridized carbons (Fsp3) is 0.296. The number of anilines is 1. The minimum Gasteiger partial charge on any atom is -0.458 e. The van der Waals surface area contributed by atoms with Crippen LogP contribution in [0, 0.1) is 24.1 Å². The highest BCUT2D eigenvalue weighted by molar-refractivity contribution is 5.94. The number of benzene rings is 2. The molecule has 4 aromatic rings. The molecule has 1 N–H and O–H groups in total. The van der Waals surface area contributed by atoms with Crippen molar-refractivity contribution in [2.45, 2.75) is 26.1 Å². The Balaban J connectivity index is 1.49. The fourth-order valence-corrected chi connectivity index (χ4v) is 4.35. The zero-order valence-electron chi connectivity index (χ0n) is 20.4. The number of hydrogen-bond acceptors (Lipinski definition) is 9. The standard InChI is InChI=1S/C27H25FN6O3/c1-16-11-22(28)21(13-20(16)27(35)23-5-6-25(33-32-23)37-17(2)14-29)26-19-4-3-18(12-24(19)30-15-31-26)34-7-9-36-10-8-34/h3-6,11-13,15,17,27,35H,7-10H2,1-2H3. The summed E-state index contributed by atoms with van der Waals surface area (Å²) in [4.78, 5) is 11.0. The molecule has 3 heterocycles. The summed E-state index contributed by atoms with van der Waals surface area (Å²) >= 11 is 0. The highest BCUT2D eigenvalue weighted by Crippen LogP contribution is 2.34. The van der Waals surface area contributed by atoms with Gasteiger partial charge in [0, 0.05) is 35.8 Å². The summed E-state index contributed by atoms with van der Waals surface area (Å²) in [5.74, 6) is -0.281. The van der Waals surface area contributed by atoms with E-state index in [4.69, 9.17) is 14.7 Å². The van der Waals surface area contributed by atoms with E-state index in [-0.39, 0.29) is 17.1 Å². The number of aliphatic hydroxyl groups excluding tert-OH is 1. The van der Waals surface area contributed by atoms with Gasteiger partial charge in [-0.05, 0) is 61.4 Å². The SMILES string of the molecule is Cc1cc(F)c(-c2ncnc3cc(N4CCOCC4)ccc23)cc1C(O)c1ccc(OC(C)C#N)nn1. The van der Waals surface area contributed by atoms with Crippen molar-refractivity contribution in [2.24, 2.45) is 0 Å². The van der Waals surface area contributed by atoms with E-state index >= 15 is 4.39 Å². The van der Waals surface area contributed by atoms with Crippen molar-refractivity contribution in [3.63, 3.8) is 0 Å². The molecule has 0 spiro atoms. The normalized spacial score (nSPS) is 15.3. The smallest absolute Gasteiger partial charge is 0.234 e. The molecule has 0 bridgehead atoms. The molecular weight excluding hydrogens is 475 g/mol. The van der Waals surface area contributed by atoms with Crippen molar-refractivity contribution < 1.29 is 19.0 Å². The van der Waals surface area contributed by atoms with Crippen molar-refractivity contribution in [3.8, 4) is 23.2 Å². The van der Waals surface area contributed by atoms with E-state index in [2.05, 4.69) is 25.1 Å². The van der Waals surface area contributed by atoms with Crippen LogP contribution in [0.25, 0.3) is 22.2 Å². The van der Waals surface area contributed by atoms with Gasteiger partial charge in [-0.15, -0.1) is 10.2 Å². The third-order valence-electron chi connectivity index (χ3n) is 6.32. The Hall–Kier alpha value is -4.20. The number of morpholine rings is 1. The van der Waals surface area contributed by atoms with Gasteiger partial charge in [0.05, 0.1) is 30.1 Å². The molecule has 2 aromatic carbocycles. The van der Waals surface area contributed by atoms with Crippen LogP contribution in [0.15, 0.2) is 48.8 Å². The molecule has 0 aliphatic carbocycles. The van der Waals surface area contributed by atoms with Crippen molar-refractivity contribution in [1.82, 2.24) is 20.2 Å². The Morgan fingerprint density at radius 1 is 1.11 bits per heavy atom. The maximum absolute atomic E-state index is 15.3. The summed E-state index contributed by atoms with van der Waals surface area (Å²) in [6.45, 7) is 6.25. The molecule has 1 aliphatic rings. The molecule has 1 fully saturated rings. The van der Waals surface area contributed by atoms with Gasteiger partial charge < -0.3 is 19.5 Å². The predicted molar refractivity (Wildman–Crippen MR) is 134 cm³/mol. The average molecular weight is 501 g/mol. The monoisotopic (exact) mass is 500 g/mol. The molecule has 5 rings (SSSR count). The molecule has 0 radical (unpaired) electrons. The summed E-state index contributed by atoms with van der Waals surface area (Å²) < 4.78 is 26.0. The molecule has 2 aromatic heterocycles. The first-order valence-electron chi connectivity index (χ1n) is 11.9. The van der Waals surface area contributed by atoms with Crippen LogP contribution in [-0.2, 0) is 4.74 Å². The van der Waals surface area contributed by atoms with Crippen molar-refractivity contribution in [2.75, 3.05) is 31.2 Å². The van der Waals surface area contributed by atoms with E-state index in [1.165, 1.54) is 18.5 Å². The van der Waals surface area contributed by atoms with Crippen LogP contribution in [-0.4, -0.2) is 57.7 Å². The summed E-state index contributed by atoms with van der Waals surface area (Å²) in [6.07, 6.45) is -0.419. The van der Waals surface area contributed by atoms with Crippen molar-refractivity contribution in [3.05, 3.63) is 71.4 Å². The highest BCUT2D eigenvalue weighted by atomic mass is 19.1. The Kier molecular flexibility index (Phi) is 6.90. The molecule has 188 valence electrons. The molecule has 2 unspecified atom stereocenters. The van der Waals surface area contributed by atoms with Gasteiger partial charge in [-0.3, -0.25) is 0 Å². The Bertz CT molecular complexity index is 1470. The van der Waals surface area contributed by atoms with Gasteiger partial charge in [-0.1, -0.05) is 0 Å². The summed E-state index contributed by atoms with van der Waals surface area (Å²) in [6, 6.07) is 13.9. The van der Waals surface area contributed by atoms with Crippen LogP contribution in [0.4, 0.5) is 10.1 Å². The first-order valence-corrected chi connectivity index (χ1v) is 11.9. The van der Waals surface area contributed by atoms with E-state index in [1.807, 2.05) is 24.3 Å². The van der Waals surface area contributed by atoms with E-state index in [9.17, 15) is 5.11 Å². The summed E-state index contributed by atoms with van der Waals surface area (Å²) in [5.41, 5.74) is 3.70. The lowest BCUT2D eigenvalue weighted by Gasteiger charge is -2.29. The number of ether oxygens (including phenoxy) is 2. The fourth-order valence-electron chi connectivity index (χ4n) is 4.35. The quantitative estimate of drug-likeness (QED) is 0.422. The Morgan fingerprint density at radius 2 is 1.92 bits per heavy atom. The van der Waals surface area contributed by atoms with Gasteiger partial charge in [0.15, 0.2) is 6.10 Å². The molecule has 0 amide bonds. The number of rotatable bonds is 6. The third kappa shape index (κ3) is 5.05. The number of hydrogen-bond donors (Lipinski definition) is 1. The summed E-state index contributed by atoms with van der Waals surface area (Å²) in [7, 11) is 0. The molecule has 2 atom stereocenters. The lowest BCUT2D eigenvalue weighted by Crippen LogP contribution is -2.36. The molecule has 0 saturated carbocycles. The van der Waals surface area contributed by atoms with Crippen LogP contribution in [0.5, 0.6) is 5.88 Å². The second-order valence-corrected chi connectivity index (χ2v) is 8.80. The maximum Gasteiger partial charge on any atom is 0.234 e. The lowest BCUT2D eigenvalue weighted by atomic mass is 9.95. The highest BCUT2D eigenvalue weighted by Gasteiger charge is 2.21. The van der Waals surface area contributed by atoms with E-state index in [1.54, 1.807) is 26.0 Å². The zero-order valence-corrected chi connectivity index (χ0v) is 20.4. The van der Waals surface area contributed by atoms with Gasteiger partial charge in [-0.25, -0.2) is 14.4 Å². The van der Waals surface area contributed by atoms with Crippen LogP contribution in [0.1, 0.15) is 29.8 Å². The van der Waals surface area contributed by atoms with E-state index in [0.29, 0.717) is 40.9 Å². The van der Waals surface area contributed by atoms with Gasteiger partial charge >= 0.3 is 0 Å². The number of halogens is 1. The average Bonchev–Trinajstić information content (AvgIpc) is 2.93. The van der Waals surface area contributed by atoms with E-state index in [0.717, 1.165) is 18.8 Å². The predicted octanol–water partition coefficient (Wildman–Crippen LogP) is 3.74. The van der Waals surface area contributed by atoms with Crippen LogP contribution < -0.4 is 9.64 Å². The number of aryl methyl sites for hydroxylation is 1. The summed E-state index contributed by atoms with van der Waals surface area (Å²) in [5, 5.41) is 28.7. The van der Waals surface area contributed by atoms with Crippen LogP contribution >= 0.6 is 0 Å². The van der Waals surface area contributed by atoms with Gasteiger partial charge in [0.25, 0.3) is 0 Å². The molecule has 1 saturated heterocycles. The van der Waals surface area contributed by atoms with Gasteiger partial charge in [-0.2, -0.15) is 5.26 Å². The largest absolute Gasteiger partial charge is 0.458 e. The van der Waals surface area contributed by atoms with Crippen LogP contribution in [0.2, 0.25) is 0 Å². The molecule has 1 aliphatic heterocycles. The van der Waals surface area contributed by atoms with Gasteiger partial charge in [0.2, 0.25) is 5.88 Å². The first kappa shape index (κ1) is 24.5. The maximum atomic E-state index is 15.3. The number of aliphatic hydroxyl groups is 1. The Labute approximate surface area is 213 Å². The Morgan fingerprint density at radius 3 is 2.65 bits per heavy atom. The third-order valence-corrected chi connectivity index (χ3v) is 6.32. The molecule has 10 heteroatoms. The van der Waals surface area contributed by atoms with Gasteiger partial charge in [0.1, 0.15) is 24.3 Å².